The van der Waals surface area contributed by atoms with Crippen molar-refractivity contribution >= 4 is 23.0 Å². The molecule has 1 fully saturated rings. The van der Waals surface area contributed by atoms with Gasteiger partial charge in [-0.05, 0) is 74.6 Å². The maximum atomic E-state index is 11.6. The van der Waals surface area contributed by atoms with Crippen molar-refractivity contribution in [2.24, 2.45) is 23.7 Å². The molecule has 8 heteroatoms. The van der Waals surface area contributed by atoms with Crippen molar-refractivity contribution in [3.63, 3.8) is 0 Å². The van der Waals surface area contributed by atoms with Gasteiger partial charge in [-0.15, -0.1) is 4.33 Å². The molecule has 1 N–H and O–H groups in total. The molecule has 8 atom stereocenters. The first-order valence-corrected chi connectivity index (χ1v) is 16.7. The van der Waals surface area contributed by atoms with Crippen LogP contribution in [0.2, 0.25) is 0 Å². The summed E-state index contributed by atoms with van der Waals surface area (Å²) in [6.45, 7) is 15.2. The fourth-order valence-electron chi connectivity index (χ4n) is 7.23. The van der Waals surface area contributed by atoms with Crippen molar-refractivity contribution in [3.05, 3.63) is 64.9 Å². The molecule has 0 spiro atoms. The highest BCUT2D eigenvalue weighted by Crippen LogP contribution is 2.52. The first-order valence-electron chi connectivity index (χ1n) is 16.0. The topological polar surface area (TPSA) is 79.5 Å². The summed E-state index contributed by atoms with van der Waals surface area (Å²) in [5.41, 5.74) is 3.69. The largest absolute Gasteiger partial charge is 0.492 e. The van der Waals surface area contributed by atoms with E-state index >= 15 is 0 Å². The Labute approximate surface area is 266 Å². The van der Waals surface area contributed by atoms with Crippen molar-refractivity contribution in [2.75, 3.05) is 7.11 Å². The molecule has 44 heavy (non-hydrogen) atoms. The maximum Gasteiger partial charge on any atom is 0.217 e. The third-order valence-electron chi connectivity index (χ3n) is 9.53. The number of benzene rings is 2. The van der Waals surface area contributed by atoms with Gasteiger partial charge in [0, 0.05) is 39.2 Å². The number of aryl methyl sites for hydroxylation is 1. The van der Waals surface area contributed by atoms with Gasteiger partial charge in [-0.1, -0.05) is 64.5 Å². The number of aliphatic hydroxyl groups is 1. The lowest BCUT2D eigenvalue weighted by molar-refractivity contribution is -0.404. The summed E-state index contributed by atoms with van der Waals surface area (Å²) in [6, 6.07) is 11.7. The molecule has 0 aliphatic carbocycles. The second kappa shape index (κ2) is 14.3. The molecule has 3 aromatic rings. The van der Waals surface area contributed by atoms with E-state index in [1.807, 2.05) is 44.2 Å². The first-order chi connectivity index (χ1) is 21.1. The Morgan fingerprint density at radius 3 is 2.43 bits per heavy atom. The van der Waals surface area contributed by atoms with E-state index in [0.717, 1.165) is 70.5 Å². The minimum Gasteiger partial charge on any atom is -0.492 e. The average molecular weight is 625 g/mol. The Bertz CT molecular complexity index is 1430. The minimum atomic E-state index is -0.572. The van der Waals surface area contributed by atoms with Gasteiger partial charge in [-0.3, -0.25) is 0 Å². The van der Waals surface area contributed by atoms with Gasteiger partial charge in [0.1, 0.15) is 11.3 Å². The summed E-state index contributed by atoms with van der Waals surface area (Å²) in [6.07, 6.45) is 5.07. The molecule has 2 aromatic carbocycles. The summed E-state index contributed by atoms with van der Waals surface area (Å²) in [5, 5.41) is 17.8. The van der Waals surface area contributed by atoms with E-state index in [9.17, 15) is 5.11 Å². The molecule has 1 aromatic heterocycles. The van der Waals surface area contributed by atoms with Gasteiger partial charge in [-0.25, -0.2) is 0 Å². The van der Waals surface area contributed by atoms with Gasteiger partial charge >= 0.3 is 0 Å². The number of ether oxygens (including phenoxy) is 2. The van der Waals surface area contributed by atoms with E-state index in [4.69, 9.17) is 28.2 Å². The molecule has 2 aliphatic rings. The number of allylic oxidation sites excluding steroid dienone is 2. The van der Waals surface area contributed by atoms with Crippen LogP contribution < -0.4 is 9.62 Å². The van der Waals surface area contributed by atoms with Gasteiger partial charge in [0.15, 0.2) is 5.75 Å². The molecule has 5 rings (SSSR count). The molecule has 0 unspecified atom stereocenters. The lowest BCUT2D eigenvalue weighted by Gasteiger charge is -2.43. The van der Waals surface area contributed by atoms with E-state index < -0.39 is 12.2 Å². The van der Waals surface area contributed by atoms with E-state index in [2.05, 4.69) is 46.8 Å². The molecular weight excluding hydrogens is 576 g/mol. The van der Waals surface area contributed by atoms with Crippen LogP contribution in [-0.2, 0) is 14.1 Å². The molecule has 0 amide bonds. The molecule has 2 aliphatic heterocycles. The lowest BCUT2D eigenvalue weighted by atomic mass is 9.78. The zero-order valence-electron chi connectivity index (χ0n) is 27.3. The third kappa shape index (κ3) is 7.00. The summed E-state index contributed by atoms with van der Waals surface area (Å²) >= 11 is 1.05. The fraction of sp³-hybridized carbons (Fsp3) is 0.556. The Balaban J connectivity index is 1.61. The van der Waals surface area contributed by atoms with Crippen LogP contribution in [0.4, 0.5) is 0 Å². The van der Waals surface area contributed by atoms with Gasteiger partial charge < -0.3 is 23.9 Å². The number of rotatable bonds is 6. The quantitative estimate of drug-likeness (QED) is 0.0955. The van der Waals surface area contributed by atoms with E-state index in [1.54, 1.807) is 7.11 Å². The van der Waals surface area contributed by atoms with Crippen LogP contribution >= 0.6 is 12.0 Å². The second-order valence-corrected chi connectivity index (χ2v) is 14.0. The standard InChI is InChI=1S/C36H48O7S/c1-20-14-15-29-24(5)32(37)25(6)34(39-29)31-28-19-30(23(4)18-22(3)17-21(2)16-20)40-33(28)26(7)35(38-8)36(31)41-42-43-44-27-12-10-9-11-13-27/h9-13,16,19-20,22-25,29,32,34,37H,14-15,17-18H2,1-8H3/b21-16+/t20-,22+,23-,24-,25+,29+,32-,34+/m0/s1. The van der Waals surface area contributed by atoms with Crippen molar-refractivity contribution in [1.29, 1.82) is 0 Å². The summed E-state index contributed by atoms with van der Waals surface area (Å²) in [5.74, 6) is 2.63. The highest BCUT2D eigenvalue weighted by Gasteiger charge is 2.44. The van der Waals surface area contributed by atoms with E-state index in [0.29, 0.717) is 23.3 Å². The maximum absolute atomic E-state index is 11.6. The van der Waals surface area contributed by atoms with Crippen molar-refractivity contribution in [2.45, 2.75) is 103 Å². The Morgan fingerprint density at radius 2 is 1.70 bits per heavy atom. The Hall–Kier alpha value is -2.49. The van der Waals surface area contributed by atoms with Gasteiger partial charge in [0.2, 0.25) is 5.75 Å². The predicted molar refractivity (Wildman–Crippen MR) is 174 cm³/mol. The number of fused-ring (bicyclic) bond motifs is 4. The molecular formula is C36H48O7S. The highest BCUT2D eigenvalue weighted by molar-refractivity contribution is 7.94. The smallest absolute Gasteiger partial charge is 0.217 e. The van der Waals surface area contributed by atoms with Gasteiger partial charge in [0.05, 0.1) is 37.5 Å². The minimum absolute atomic E-state index is 0.0218. The zero-order valence-corrected chi connectivity index (χ0v) is 28.1. The number of aliphatic hydroxyl groups excluding tert-OH is 1. The lowest BCUT2D eigenvalue weighted by Crippen LogP contribution is -2.45. The van der Waals surface area contributed by atoms with Crippen LogP contribution in [0.25, 0.3) is 11.0 Å². The summed E-state index contributed by atoms with van der Waals surface area (Å²) in [7, 11) is 1.61. The Morgan fingerprint density at radius 1 is 0.955 bits per heavy atom. The molecule has 240 valence electrons. The van der Waals surface area contributed by atoms with Crippen molar-refractivity contribution in [3.8, 4) is 11.5 Å². The predicted octanol–water partition coefficient (Wildman–Crippen LogP) is 9.67. The molecule has 7 nitrogen and oxygen atoms in total. The van der Waals surface area contributed by atoms with E-state index in [-0.39, 0.29) is 23.9 Å². The summed E-state index contributed by atoms with van der Waals surface area (Å²) in [4.78, 5) is 6.83. The third-order valence-corrected chi connectivity index (χ3v) is 10.1. The summed E-state index contributed by atoms with van der Waals surface area (Å²) < 4.78 is 24.9. The zero-order chi connectivity index (χ0) is 31.5. The molecule has 0 saturated carbocycles. The first kappa shape index (κ1) is 32.9. The van der Waals surface area contributed by atoms with Crippen molar-refractivity contribution < 1.29 is 33.3 Å². The number of methoxy groups -OCH3 is 1. The van der Waals surface area contributed by atoms with Gasteiger partial charge in [-0.2, -0.15) is 0 Å². The van der Waals surface area contributed by atoms with Crippen LogP contribution in [0.5, 0.6) is 11.5 Å². The monoisotopic (exact) mass is 624 g/mol. The second-order valence-electron chi connectivity index (χ2n) is 13.2. The van der Waals surface area contributed by atoms with Crippen molar-refractivity contribution in [1.82, 2.24) is 0 Å². The average Bonchev–Trinajstić information content (AvgIpc) is 3.44. The Kier molecular flexibility index (Phi) is 10.7. The number of hydrogen-bond acceptors (Lipinski definition) is 8. The van der Waals surface area contributed by atoms with Crippen LogP contribution in [0.15, 0.2) is 57.4 Å². The van der Waals surface area contributed by atoms with Crippen LogP contribution in [0.3, 0.4) is 0 Å². The van der Waals surface area contributed by atoms with Crippen LogP contribution in [0.1, 0.15) is 96.1 Å². The number of furan rings is 1. The van der Waals surface area contributed by atoms with E-state index in [1.165, 1.54) is 5.57 Å². The highest BCUT2D eigenvalue weighted by atomic mass is 32.2. The van der Waals surface area contributed by atoms with Gasteiger partial charge in [0.25, 0.3) is 0 Å². The van der Waals surface area contributed by atoms with Crippen LogP contribution in [0, 0.1) is 30.6 Å². The molecule has 0 radical (unpaired) electrons. The molecule has 1 saturated heterocycles. The molecule has 4 bridgehead atoms. The SMILES string of the molecule is COc1c(OOOSc2ccccc2)c2c3cc(oc3c1C)[C@@H](C)C[C@H](C)C/C(C)=C/[C@@H](C)CC[C@H]1O[C@@H]2[C@H](C)[C@@H](O)[C@H]1C. The van der Waals surface area contributed by atoms with Crippen LogP contribution in [-0.4, -0.2) is 24.4 Å². The normalized spacial score (nSPS) is 31.1. The number of hydrogen-bond donors (Lipinski definition) is 1. The fourth-order valence-corrected chi connectivity index (χ4v) is 7.63. The molecule has 3 heterocycles.